The lowest BCUT2D eigenvalue weighted by atomic mass is 10.5. The van der Waals surface area contributed by atoms with E-state index in [4.69, 9.17) is 28.9 Å². The first kappa shape index (κ1) is 13.0. The van der Waals surface area contributed by atoms with Gasteiger partial charge in [0.25, 0.3) is 0 Å². The van der Waals surface area contributed by atoms with Crippen molar-refractivity contribution >= 4 is 56.7 Å². The molecule has 0 amide bonds. The van der Waals surface area contributed by atoms with Gasteiger partial charge in [0.05, 0.1) is 14.5 Å². The van der Waals surface area contributed by atoms with Crippen molar-refractivity contribution < 1.29 is 0 Å². The lowest BCUT2D eigenvalue weighted by Gasteiger charge is -2.06. The summed E-state index contributed by atoms with van der Waals surface area (Å²) >= 11 is 16.6. The maximum absolute atomic E-state index is 6.04. The van der Waals surface area contributed by atoms with Crippen molar-refractivity contribution in [1.82, 2.24) is 9.97 Å². The summed E-state index contributed by atoms with van der Waals surface area (Å²) < 4.78 is 0.872. The molecule has 0 aliphatic carbocycles. The standard InChI is InChI=1S/C10H6BrCl2N3S/c11-5-2-1-3-15-9(5)17-10-7(13)4-6(12)8(14)16-10/h1-4H,(H2,14,16). The number of aromatic nitrogens is 2. The van der Waals surface area contributed by atoms with Crippen LogP contribution in [0.3, 0.4) is 0 Å². The Morgan fingerprint density at radius 3 is 2.71 bits per heavy atom. The molecule has 0 unspecified atom stereocenters. The van der Waals surface area contributed by atoms with Gasteiger partial charge in [-0.05, 0) is 45.9 Å². The van der Waals surface area contributed by atoms with E-state index in [2.05, 4.69) is 25.9 Å². The van der Waals surface area contributed by atoms with Crippen LogP contribution in [0, 0.1) is 0 Å². The molecule has 0 spiro atoms. The molecule has 17 heavy (non-hydrogen) atoms. The van der Waals surface area contributed by atoms with Crippen molar-refractivity contribution in [3.05, 3.63) is 38.9 Å². The van der Waals surface area contributed by atoms with Gasteiger partial charge >= 0.3 is 0 Å². The van der Waals surface area contributed by atoms with Crippen LogP contribution >= 0.6 is 50.9 Å². The molecule has 0 aliphatic heterocycles. The Kier molecular flexibility index (Phi) is 4.14. The highest BCUT2D eigenvalue weighted by Crippen LogP contribution is 2.36. The molecule has 0 aromatic carbocycles. The van der Waals surface area contributed by atoms with Crippen LogP contribution in [0.5, 0.6) is 0 Å². The largest absolute Gasteiger partial charge is 0.382 e. The van der Waals surface area contributed by atoms with Crippen molar-refractivity contribution in [3.63, 3.8) is 0 Å². The molecule has 3 nitrogen and oxygen atoms in total. The van der Waals surface area contributed by atoms with Gasteiger partial charge in [-0.15, -0.1) is 0 Å². The third-order valence-corrected chi connectivity index (χ3v) is 4.47. The van der Waals surface area contributed by atoms with E-state index in [0.717, 1.165) is 9.50 Å². The van der Waals surface area contributed by atoms with Crippen molar-refractivity contribution in [1.29, 1.82) is 0 Å². The average Bonchev–Trinajstić information content (AvgIpc) is 2.29. The molecule has 0 radical (unpaired) electrons. The Balaban J connectivity index is 2.37. The summed E-state index contributed by atoms with van der Waals surface area (Å²) in [6.45, 7) is 0. The third-order valence-electron chi connectivity index (χ3n) is 1.84. The van der Waals surface area contributed by atoms with Crippen molar-refractivity contribution in [2.24, 2.45) is 0 Å². The fourth-order valence-electron chi connectivity index (χ4n) is 1.07. The molecule has 0 saturated carbocycles. The summed E-state index contributed by atoms with van der Waals surface area (Å²) in [5, 5.41) is 2.14. The molecule has 2 heterocycles. The first-order valence-electron chi connectivity index (χ1n) is 4.48. The number of halogens is 3. The normalized spacial score (nSPS) is 10.5. The predicted octanol–water partition coefficient (Wildman–Crippen LogP) is 4.28. The Bertz CT molecular complexity index is 565. The number of nitrogens with zero attached hydrogens (tertiary/aromatic N) is 2. The maximum Gasteiger partial charge on any atom is 0.143 e. The van der Waals surface area contributed by atoms with Crippen molar-refractivity contribution in [2.45, 2.75) is 10.1 Å². The van der Waals surface area contributed by atoms with E-state index in [-0.39, 0.29) is 5.82 Å². The van der Waals surface area contributed by atoms with Gasteiger partial charge in [-0.2, -0.15) is 0 Å². The highest BCUT2D eigenvalue weighted by molar-refractivity contribution is 9.10. The van der Waals surface area contributed by atoms with E-state index >= 15 is 0 Å². The van der Waals surface area contributed by atoms with Crippen LogP contribution in [-0.4, -0.2) is 9.97 Å². The number of hydrogen-bond acceptors (Lipinski definition) is 4. The summed E-state index contributed by atoms with van der Waals surface area (Å²) in [5.41, 5.74) is 5.63. The van der Waals surface area contributed by atoms with Gasteiger partial charge < -0.3 is 5.73 Å². The van der Waals surface area contributed by atoms with Gasteiger partial charge in [0.1, 0.15) is 15.9 Å². The monoisotopic (exact) mass is 349 g/mol. The molecule has 7 heteroatoms. The summed E-state index contributed by atoms with van der Waals surface area (Å²) in [5.74, 6) is 0.255. The first-order valence-corrected chi connectivity index (χ1v) is 6.84. The molecular formula is C10H6BrCl2N3S. The van der Waals surface area contributed by atoms with Gasteiger partial charge in [0, 0.05) is 6.20 Å². The zero-order valence-corrected chi connectivity index (χ0v) is 12.2. The average molecular weight is 351 g/mol. The molecular weight excluding hydrogens is 345 g/mol. The zero-order chi connectivity index (χ0) is 12.4. The van der Waals surface area contributed by atoms with E-state index in [1.807, 2.05) is 12.1 Å². The summed E-state index contributed by atoms with van der Waals surface area (Å²) in [6, 6.07) is 5.30. The van der Waals surface area contributed by atoms with E-state index in [9.17, 15) is 0 Å². The molecule has 0 aliphatic rings. The van der Waals surface area contributed by atoms with E-state index < -0.39 is 0 Å². The van der Waals surface area contributed by atoms with Gasteiger partial charge in [-0.3, -0.25) is 0 Å². The fraction of sp³-hybridized carbons (Fsp3) is 0. The predicted molar refractivity (Wildman–Crippen MR) is 74.7 cm³/mol. The van der Waals surface area contributed by atoms with Crippen LogP contribution in [0.25, 0.3) is 0 Å². The van der Waals surface area contributed by atoms with Gasteiger partial charge in [-0.1, -0.05) is 23.2 Å². The zero-order valence-electron chi connectivity index (χ0n) is 8.32. The van der Waals surface area contributed by atoms with Crippen LogP contribution in [-0.2, 0) is 0 Å². The maximum atomic E-state index is 6.04. The SMILES string of the molecule is Nc1nc(Sc2ncccc2Br)c(Cl)cc1Cl. The van der Waals surface area contributed by atoms with Gasteiger partial charge in [-0.25, -0.2) is 9.97 Å². The first-order chi connectivity index (χ1) is 8.08. The minimum absolute atomic E-state index is 0.255. The number of hydrogen-bond donors (Lipinski definition) is 1. The highest BCUT2D eigenvalue weighted by Gasteiger charge is 2.11. The second-order valence-corrected chi connectivity index (χ2v) is 5.68. The quantitative estimate of drug-likeness (QED) is 0.878. The number of pyridine rings is 2. The topological polar surface area (TPSA) is 51.8 Å². The van der Waals surface area contributed by atoms with E-state index in [1.54, 1.807) is 12.3 Å². The smallest absolute Gasteiger partial charge is 0.143 e. The van der Waals surface area contributed by atoms with Crippen molar-refractivity contribution in [3.8, 4) is 0 Å². The lowest BCUT2D eigenvalue weighted by Crippen LogP contribution is -1.94. The highest BCUT2D eigenvalue weighted by atomic mass is 79.9. The summed E-state index contributed by atoms with van der Waals surface area (Å²) in [6.07, 6.45) is 1.69. The van der Waals surface area contributed by atoms with E-state index in [1.165, 1.54) is 11.8 Å². The summed E-state index contributed by atoms with van der Waals surface area (Å²) in [7, 11) is 0. The second-order valence-electron chi connectivity index (χ2n) is 3.03. The molecule has 0 saturated heterocycles. The molecule has 88 valence electrons. The minimum atomic E-state index is 0.255. The number of nitrogens with two attached hydrogens (primary N) is 1. The molecule has 2 N–H and O–H groups in total. The minimum Gasteiger partial charge on any atom is -0.382 e. The molecule has 0 fully saturated rings. The van der Waals surface area contributed by atoms with Crippen molar-refractivity contribution in [2.75, 3.05) is 5.73 Å². The second kappa shape index (κ2) is 5.44. The Hall–Kier alpha value is -0.490. The van der Waals surface area contributed by atoms with Crippen LogP contribution < -0.4 is 5.73 Å². The lowest BCUT2D eigenvalue weighted by molar-refractivity contribution is 1.08. The Morgan fingerprint density at radius 2 is 2.00 bits per heavy atom. The Labute approximate surface area is 121 Å². The number of nitrogen functional groups attached to an aromatic ring is 1. The van der Waals surface area contributed by atoms with Gasteiger partial charge in [0.15, 0.2) is 0 Å². The Morgan fingerprint density at radius 1 is 1.24 bits per heavy atom. The molecule has 2 aromatic rings. The fourth-order valence-corrected chi connectivity index (χ4v) is 2.81. The summed E-state index contributed by atoms with van der Waals surface area (Å²) in [4.78, 5) is 8.34. The number of anilines is 1. The third kappa shape index (κ3) is 3.04. The van der Waals surface area contributed by atoms with E-state index in [0.29, 0.717) is 15.1 Å². The molecule has 0 atom stereocenters. The van der Waals surface area contributed by atoms with Crippen LogP contribution in [0.4, 0.5) is 5.82 Å². The molecule has 0 bridgehead atoms. The van der Waals surface area contributed by atoms with Crippen LogP contribution in [0.2, 0.25) is 10.0 Å². The molecule has 2 rings (SSSR count). The molecule has 2 aromatic heterocycles. The van der Waals surface area contributed by atoms with Crippen LogP contribution in [0.1, 0.15) is 0 Å². The van der Waals surface area contributed by atoms with Crippen LogP contribution in [0.15, 0.2) is 38.9 Å². The number of rotatable bonds is 2. The van der Waals surface area contributed by atoms with Gasteiger partial charge in [0.2, 0.25) is 0 Å².